The van der Waals surface area contributed by atoms with Crippen LogP contribution in [0.4, 0.5) is 14.5 Å². The molecular formula is C14H11BrF2N2O2. The third kappa shape index (κ3) is 4.30. The van der Waals surface area contributed by atoms with Crippen molar-refractivity contribution in [1.29, 1.82) is 0 Å². The van der Waals surface area contributed by atoms with Crippen LogP contribution < -0.4 is 5.32 Å². The molecule has 0 aliphatic rings. The minimum Gasteiger partial charge on any atom is -0.309 e. The van der Waals surface area contributed by atoms with Gasteiger partial charge in [0.2, 0.25) is 0 Å². The first-order chi connectivity index (χ1) is 9.95. The van der Waals surface area contributed by atoms with Gasteiger partial charge in [-0.05, 0) is 29.8 Å². The van der Waals surface area contributed by atoms with Gasteiger partial charge in [0.25, 0.3) is 5.69 Å². The highest BCUT2D eigenvalue weighted by molar-refractivity contribution is 9.10. The van der Waals surface area contributed by atoms with Crippen molar-refractivity contribution in [3.05, 3.63) is 73.7 Å². The van der Waals surface area contributed by atoms with Gasteiger partial charge in [-0.1, -0.05) is 15.9 Å². The van der Waals surface area contributed by atoms with Crippen molar-refractivity contribution in [2.24, 2.45) is 0 Å². The minimum absolute atomic E-state index is 0.0295. The van der Waals surface area contributed by atoms with Gasteiger partial charge in [-0.2, -0.15) is 0 Å². The number of hydrogen-bond acceptors (Lipinski definition) is 3. The predicted molar refractivity (Wildman–Crippen MR) is 77.7 cm³/mol. The van der Waals surface area contributed by atoms with E-state index in [0.29, 0.717) is 16.6 Å². The summed E-state index contributed by atoms with van der Waals surface area (Å²) in [7, 11) is 0. The summed E-state index contributed by atoms with van der Waals surface area (Å²) in [4.78, 5) is 10.3. The Bertz CT molecular complexity index is 680. The average molecular weight is 357 g/mol. The number of nitro groups is 1. The Balaban J connectivity index is 2.03. The Kier molecular flexibility index (Phi) is 4.98. The Labute approximate surface area is 128 Å². The fourth-order valence-electron chi connectivity index (χ4n) is 1.86. The number of benzene rings is 2. The lowest BCUT2D eigenvalue weighted by Crippen LogP contribution is -2.14. The predicted octanol–water partition coefficient (Wildman–Crippen LogP) is 3.93. The molecule has 4 nitrogen and oxygen atoms in total. The van der Waals surface area contributed by atoms with Crippen LogP contribution in [0, 0.1) is 21.7 Å². The van der Waals surface area contributed by atoms with Crippen molar-refractivity contribution < 1.29 is 13.7 Å². The molecule has 0 atom stereocenters. The van der Waals surface area contributed by atoms with Crippen LogP contribution in [-0.4, -0.2) is 4.92 Å². The minimum atomic E-state index is -0.508. The Morgan fingerprint density at radius 2 is 1.90 bits per heavy atom. The average Bonchev–Trinajstić information content (AvgIpc) is 2.42. The number of nitrogens with zero attached hydrogens (tertiary/aromatic N) is 1. The van der Waals surface area contributed by atoms with E-state index in [1.807, 2.05) is 0 Å². The molecule has 0 bridgehead atoms. The van der Waals surface area contributed by atoms with Crippen LogP contribution in [0.2, 0.25) is 0 Å². The molecule has 0 aromatic heterocycles. The molecule has 0 heterocycles. The largest absolute Gasteiger partial charge is 0.309 e. The smallest absolute Gasteiger partial charge is 0.270 e. The highest BCUT2D eigenvalue weighted by Crippen LogP contribution is 2.21. The van der Waals surface area contributed by atoms with E-state index < -0.39 is 16.6 Å². The van der Waals surface area contributed by atoms with Gasteiger partial charge in [0.1, 0.15) is 11.6 Å². The summed E-state index contributed by atoms with van der Waals surface area (Å²) in [6.07, 6.45) is 0. The van der Waals surface area contributed by atoms with Crippen molar-refractivity contribution in [2.45, 2.75) is 13.1 Å². The zero-order valence-electron chi connectivity index (χ0n) is 10.8. The Morgan fingerprint density at radius 3 is 2.62 bits per heavy atom. The first kappa shape index (κ1) is 15.5. The highest BCUT2D eigenvalue weighted by Gasteiger charge is 2.09. The first-order valence-corrected chi connectivity index (χ1v) is 6.83. The lowest BCUT2D eigenvalue weighted by molar-refractivity contribution is -0.385. The van der Waals surface area contributed by atoms with Crippen LogP contribution in [0.1, 0.15) is 11.1 Å². The van der Waals surface area contributed by atoms with Gasteiger partial charge in [0.05, 0.1) is 4.92 Å². The highest BCUT2D eigenvalue weighted by atomic mass is 79.9. The Morgan fingerprint density at radius 1 is 1.14 bits per heavy atom. The summed E-state index contributed by atoms with van der Waals surface area (Å²) in [5, 5.41) is 13.7. The van der Waals surface area contributed by atoms with E-state index in [2.05, 4.69) is 21.2 Å². The third-order valence-corrected chi connectivity index (χ3v) is 3.26. The van der Waals surface area contributed by atoms with Crippen LogP contribution in [0.25, 0.3) is 0 Å². The summed E-state index contributed by atoms with van der Waals surface area (Å²) in [6.45, 7) is 0.431. The molecule has 2 aromatic rings. The molecule has 1 N–H and O–H groups in total. The van der Waals surface area contributed by atoms with E-state index in [-0.39, 0.29) is 17.8 Å². The second-order valence-electron chi connectivity index (χ2n) is 4.41. The molecule has 0 spiro atoms. The molecule has 0 amide bonds. The van der Waals surface area contributed by atoms with E-state index in [1.54, 1.807) is 6.07 Å². The van der Waals surface area contributed by atoms with Gasteiger partial charge in [-0.3, -0.25) is 10.1 Å². The fourth-order valence-corrected chi connectivity index (χ4v) is 2.39. The van der Waals surface area contributed by atoms with E-state index in [9.17, 15) is 18.9 Å². The lowest BCUT2D eigenvalue weighted by Gasteiger charge is -2.07. The van der Waals surface area contributed by atoms with Gasteiger partial charge >= 0.3 is 0 Å². The molecular weight excluding hydrogens is 346 g/mol. The SMILES string of the molecule is O=[N+]([O-])c1cc(Br)cc(CNCc2cc(F)ccc2F)c1. The van der Waals surface area contributed by atoms with E-state index in [1.165, 1.54) is 12.1 Å². The second-order valence-corrected chi connectivity index (χ2v) is 5.33. The number of non-ortho nitro benzene ring substituents is 1. The normalized spacial score (nSPS) is 10.6. The molecule has 2 rings (SSSR count). The maximum Gasteiger partial charge on any atom is 0.270 e. The fraction of sp³-hybridized carbons (Fsp3) is 0.143. The summed E-state index contributed by atoms with van der Waals surface area (Å²) in [5.74, 6) is -1.00. The number of halogens is 3. The summed E-state index contributed by atoms with van der Waals surface area (Å²) < 4.78 is 27.0. The van der Waals surface area contributed by atoms with E-state index in [4.69, 9.17) is 0 Å². The van der Waals surface area contributed by atoms with Crippen LogP contribution in [0.5, 0.6) is 0 Å². The van der Waals surface area contributed by atoms with Gasteiger partial charge in [0.15, 0.2) is 0 Å². The summed E-state index contributed by atoms with van der Waals surface area (Å²) >= 11 is 3.20. The third-order valence-electron chi connectivity index (χ3n) is 2.81. The van der Waals surface area contributed by atoms with Crippen molar-refractivity contribution in [3.63, 3.8) is 0 Å². The molecule has 21 heavy (non-hydrogen) atoms. The monoisotopic (exact) mass is 356 g/mol. The van der Waals surface area contributed by atoms with Crippen LogP contribution >= 0.6 is 15.9 Å². The molecule has 0 saturated carbocycles. The standard InChI is InChI=1S/C14H11BrF2N2O2/c15-11-3-9(4-13(6-11)19(20)21)7-18-8-10-5-12(16)1-2-14(10)17/h1-6,18H,7-8H2. The van der Waals surface area contributed by atoms with Crippen molar-refractivity contribution in [1.82, 2.24) is 5.32 Å². The number of nitro benzene ring substituents is 1. The quantitative estimate of drug-likeness (QED) is 0.652. The molecule has 2 aromatic carbocycles. The first-order valence-electron chi connectivity index (χ1n) is 6.04. The van der Waals surface area contributed by atoms with Gasteiger partial charge < -0.3 is 5.32 Å². The van der Waals surface area contributed by atoms with Crippen LogP contribution in [-0.2, 0) is 13.1 Å². The van der Waals surface area contributed by atoms with Gasteiger partial charge in [-0.15, -0.1) is 0 Å². The van der Waals surface area contributed by atoms with Crippen LogP contribution in [0.15, 0.2) is 40.9 Å². The molecule has 0 fully saturated rings. The van der Waals surface area contributed by atoms with Crippen molar-refractivity contribution in [3.8, 4) is 0 Å². The van der Waals surface area contributed by atoms with Crippen LogP contribution in [0.3, 0.4) is 0 Å². The van der Waals surface area contributed by atoms with Crippen molar-refractivity contribution in [2.75, 3.05) is 0 Å². The number of hydrogen-bond donors (Lipinski definition) is 1. The molecule has 110 valence electrons. The van der Waals surface area contributed by atoms with E-state index >= 15 is 0 Å². The zero-order chi connectivity index (χ0) is 15.4. The van der Waals surface area contributed by atoms with Crippen molar-refractivity contribution >= 4 is 21.6 Å². The molecule has 0 radical (unpaired) electrons. The van der Waals surface area contributed by atoms with Gasteiger partial charge in [-0.25, -0.2) is 8.78 Å². The van der Waals surface area contributed by atoms with E-state index in [0.717, 1.165) is 18.2 Å². The number of nitrogens with one attached hydrogen (secondary N) is 1. The topological polar surface area (TPSA) is 55.2 Å². The summed E-state index contributed by atoms with van der Waals surface area (Å²) in [6, 6.07) is 7.79. The van der Waals surface area contributed by atoms with Gasteiger partial charge in [0, 0.05) is 35.3 Å². The lowest BCUT2D eigenvalue weighted by atomic mass is 10.1. The molecule has 0 unspecified atom stereocenters. The summed E-state index contributed by atoms with van der Waals surface area (Å²) in [5.41, 5.74) is 0.852. The molecule has 0 aliphatic carbocycles. The number of rotatable bonds is 5. The molecule has 0 saturated heterocycles. The molecule has 0 aliphatic heterocycles. The molecule has 7 heteroatoms. The maximum absolute atomic E-state index is 13.4. The Hall–Kier alpha value is -1.86. The second kappa shape index (κ2) is 6.73. The maximum atomic E-state index is 13.4. The zero-order valence-corrected chi connectivity index (χ0v) is 12.4.